The van der Waals surface area contributed by atoms with E-state index < -0.39 is 17.5 Å². The predicted octanol–water partition coefficient (Wildman–Crippen LogP) is 4.68. The van der Waals surface area contributed by atoms with E-state index in [0.717, 1.165) is 44.9 Å². The minimum atomic E-state index is -1.22. The lowest BCUT2D eigenvalue weighted by Crippen LogP contribution is -2.55. The Morgan fingerprint density at radius 2 is 1.81 bits per heavy atom. The number of fused-ring (bicyclic) bond motifs is 6. The highest BCUT2D eigenvalue weighted by Gasteiger charge is 2.71. The highest BCUT2D eigenvalue weighted by atomic mass is 16.9. The Bertz CT molecular complexity index is 906. The lowest BCUT2D eigenvalue weighted by Gasteiger charge is -2.59. The van der Waals surface area contributed by atoms with Crippen molar-refractivity contribution in [2.75, 3.05) is 14.2 Å². The minimum Gasteiger partial charge on any atom is -0.466 e. The van der Waals surface area contributed by atoms with Crippen LogP contribution in [0.2, 0.25) is 0 Å². The first-order valence-electron chi connectivity index (χ1n) is 12.1. The summed E-state index contributed by atoms with van der Waals surface area (Å²) in [5, 5.41) is 0. The van der Waals surface area contributed by atoms with E-state index in [9.17, 15) is 9.59 Å². The van der Waals surface area contributed by atoms with Crippen LogP contribution in [-0.4, -0.2) is 37.5 Å². The summed E-state index contributed by atoms with van der Waals surface area (Å²) in [6.45, 7) is 6.50. The zero-order chi connectivity index (χ0) is 22.9. The van der Waals surface area contributed by atoms with Gasteiger partial charge in [0.1, 0.15) is 11.4 Å². The summed E-state index contributed by atoms with van der Waals surface area (Å²) in [7, 11) is 2.95. The third kappa shape index (κ3) is 2.84. The van der Waals surface area contributed by atoms with E-state index in [1.54, 1.807) is 14.0 Å². The molecule has 0 radical (unpaired) electrons. The molecular formula is C26H36O6. The molecule has 5 aliphatic rings. The topological polar surface area (TPSA) is 71.1 Å². The Kier molecular flexibility index (Phi) is 4.96. The number of allylic oxidation sites excluding steroid dienone is 1. The van der Waals surface area contributed by atoms with Crippen LogP contribution in [0.4, 0.5) is 0 Å². The molecule has 0 amide bonds. The number of methoxy groups -OCH3 is 2. The maximum Gasteiger partial charge on any atom is 0.333 e. The summed E-state index contributed by atoms with van der Waals surface area (Å²) in [6.07, 6.45) is 11.1. The zero-order valence-corrected chi connectivity index (χ0v) is 20.0. The van der Waals surface area contributed by atoms with Gasteiger partial charge in [0.2, 0.25) is 0 Å². The fraction of sp³-hybridized carbons (Fsp3) is 0.769. The first kappa shape index (κ1) is 22.1. The molecular weight excluding hydrogens is 408 g/mol. The predicted molar refractivity (Wildman–Crippen MR) is 117 cm³/mol. The first-order chi connectivity index (χ1) is 15.1. The van der Waals surface area contributed by atoms with E-state index in [1.807, 2.05) is 6.08 Å². The van der Waals surface area contributed by atoms with Crippen LogP contribution < -0.4 is 0 Å². The van der Waals surface area contributed by atoms with E-state index in [4.69, 9.17) is 18.9 Å². The van der Waals surface area contributed by atoms with Gasteiger partial charge in [0.15, 0.2) is 5.78 Å². The van der Waals surface area contributed by atoms with Gasteiger partial charge in [0.05, 0.1) is 13.2 Å². The van der Waals surface area contributed by atoms with Crippen LogP contribution >= 0.6 is 0 Å². The largest absolute Gasteiger partial charge is 0.466 e. The maximum atomic E-state index is 12.2. The Morgan fingerprint density at radius 1 is 1.06 bits per heavy atom. The molecule has 4 aliphatic carbocycles. The Morgan fingerprint density at radius 3 is 2.53 bits per heavy atom. The van der Waals surface area contributed by atoms with Gasteiger partial charge in [-0.2, -0.15) is 0 Å². The second kappa shape index (κ2) is 7.17. The molecule has 0 N–H and O–H groups in total. The van der Waals surface area contributed by atoms with Gasteiger partial charge < -0.3 is 18.9 Å². The molecule has 5 rings (SSSR count). The number of hydrogen-bond donors (Lipinski definition) is 0. The van der Waals surface area contributed by atoms with Gasteiger partial charge in [0, 0.05) is 25.9 Å². The Labute approximate surface area is 190 Å². The standard InChI is InChI=1S/C26H36O6/c1-23-11-8-17(27)14-16(23)6-7-18-19(23)9-12-24(2)20(18)10-13-26(24)21(15-22(28)29-4)31-25(3,30-5)32-26/h14-15,18-20H,6-13H2,1-5H3/b21-15+/t18-,19+,20+,23+,24+,25?,26-/m1/s1. The van der Waals surface area contributed by atoms with Gasteiger partial charge in [-0.1, -0.05) is 19.4 Å². The minimum absolute atomic E-state index is 0.132. The van der Waals surface area contributed by atoms with Gasteiger partial charge in [-0.3, -0.25) is 4.79 Å². The molecule has 0 aromatic heterocycles. The van der Waals surface area contributed by atoms with Crippen molar-refractivity contribution < 1.29 is 28.5 Å². The van der Waals surface area contributed by atoms with Crippen LogP contribution in [0.15, 0.2) is 23.5 Å². The van der Waals surface area contributed by atoms with E-state index in [0.29, 0.717) is 35.7 Å². The van der Waals surface area contributed by atoms with Crippen molar-refractivity contribution in [3.8, 4) is 0 Å². The molecule has 1 saturated heterocycles. The molecule has 1 heterocycles. The number of hydrogen-bond acceptors (Lipinski definition) is 6. The molecule has 1 spiro atoms. The Balaban J connectivity index is 1.52. The highest BCUT2D eigenvalue weighted by molar-refractivity contribution is 5.91. The average molecular weight is 445 g/mol. The molecule has 1 aliphatic heterocycles. The van der Waals surface area contributed by atoms with Crippen LogP contribution in [0.5, 0.6) is 0 Å². The SMILES string of the molecule is COC(=O)/C=C1/OC(C)(OC)O[C@]12CC[C@H]1[C@@H]3CCC4=CC(=O)CC[C@]4(C)[C@H]3CC[C@@]12C. The lowest BCUT2D eigenvalue weighted by atomic mass is 9.46. The van der Waals surface area contributed by atoms with Crippen LogP contribution in [0, 0.1) is 28.6 Å². The first-order valence-corrected chi connectivity index (χ1v) is 12.1. The van der Waals surface area contributed by atoms with Crippen LogP contribution in [0.25, 0.3) is 0 Å². The average Bonchev–Trinajstić information content (AvgIpc) is 3.23. The fourth-order valence-corrected chi connectivity index (χ4v) is 8.20. The quantitative estimate of drug-likeness (QED) is 0.455. The van der Waals surface area contributed by atoms with Gasteiger partial charge in [-0.25, -0.2) is 4.79 Å². The van der Waals surface area contributed by atoms with Crippen molar-refractivity contribution in [1.82, 2.24) is 0 Å². The van der Waals surface area contributed by atoms with Crippen molar-refractivity contribution >= 4 is 11.8 Å². The number of ether oxygens (including phenoxy) is 4. The summed E-state index contributed by atoms with van der Waals surface area (Å²) >= 11 is 0. The van der Waals surface area contributed by atoms with Crippen molar-refractivity contribution in [1.29, 1.82) is 0 Å². The van der Waals surface area contributed by atoms with Gasteiger partial charge in [0.25, 0.3) is 0 Å². The van der Waals surface area contributed by atoms with Crippen molar-refractivity contribution in [3.05, 3.63) is 23.5 Å². The van der Waals surface area contributed by atoms with Crippen LogP contribution in [0.1, 0.15) is 72.1 Å². The normalized spacial score (nSPS) is 48.7. The van der Waals surface area contributed by atoms with Crippen molar-refractivity contribution in [2.24, 2.45) is 28.6 Å². The number of rotatable bonds is 2. The summed E-state index contributed by atoms with van der Waals surface area (Å²) in [5.74, 6) is 0.838. The number of carbonyl (C=O) groups is 2. The smallest absolute Gasteiger partial charge is 0.333 e. The van der Waals surface area contributed by atoms with Crippen LogP contribution in [-0.2, 0) is 28.5 Å². The molecule has 1 unspecified atom stereocenters. The molecule has 6 heteroatoms. The fourth-order valence-electron chi connectivity index (χ4n) is 8.20. The highest BCUT2D eigenvalue weighted by Crippen LogP contribution is 2.71. The van der Waals surface area contributed by atoms with Crippen molar-refractivity contribution in [3.63, 3.8) is 0 Å². The molecule has 0 aromatic carbocycles. The van der Waals surface area contributed by atoms with E-state index >= 15 is 0 Å². The number of esters is 1. The van der Waals surface area contributed by atoms with Gasteiger partial charge >= 0.3 is 11.9 Å². The lowest BCUT2D eigenvalue weighted by molar-refractivity contribution is -0.331. The van der Waals surface area contributed by atoms with Gasteiger partial charge in [-0.15, -0.1) is 0 Å². The van der Waals surface area contributed by atoms with Crippen molar-refractivity contribution in [2.45, 2.75) is 83.7 Å². The molecule has 32 heavy (non-hydrogen) atoms. The molecule has 6 nitrogen and oxygen atoms in total. The third-order valence-corrected chi connectivity index (χ3v) is 9.96. The Hall–Kier alpha value is -1.66. The summed E-state index contributed by atoms with van der Waals surface area (Å²) in [5.41, 5.74) is 0.658. The molecule has 7 atom stereocenters. The zero-order valence-electron chi connectivity index (χ0n) is 20.0. The number of carbonyl (C=O) groups excluding carboxylic acids is 2. The second-order valence-electron chi connectivity index (χ2n) is 11.1. The second-order valence-corrected chi connectivity index (χ2v) is 11.1. The molecule has 176 valence electrons. The molecule has 0 bridgehead atoms. The molecule has 3 saturated carbocycles. The van der Waals surface area contributed by atoms with E-state index in [-0.39, 0.29) is 10.8 Å². The molecule has 0 aromatic rings. The van der Waals surface area contributed by atoms with Gasteiger partial charge in [-0.05, 0) is 74.2 Å². The van der Waals surface area contributed by atoms with Crippen LogP contribution in [0.3, 0.4) is 0 Å². The summed E-state index contributed by atoms with van der Waals surface area (Å²) < 4.78 is 23.3. The number of ketones is 1. The summed E-state index contributed by atoms with van der Waals surface area (Å²) in [6, 6.07) is 0. The third-order valence-electron chi connectivity index (χ3n) is 9.96. The monoisotopic (exact) mass is 444 g/mol. The van der Waals surface area contributed by atoms with E-state index in [1.165, 1.54) is 18.8 Å². The van der Waals surface area contributed by atoms with E-state index in [2.05, 4.69) is 13.8 Å². The maximum absolute atomic E-state index is 12.2. The molecule has 4 fully saturated rings. The summed E-state index contributed by atoms with van der Waals surface area (Å²) in [4.78, 5) is 24.3.